The third-order valence-electron chi connectivity index (χ3n) is 1.55. The van der Waals surface area contributed by atoms with Crippen molar-refractivity contribution in [2.75, 3.05) is 0 Å². The van der Waals surface area contributed by atoms with E-state index in [0.717, 1.165) is 3.58 Å². The number of carbonyl (C=O) groups excluding carboxylic acids is 1. The number of halogens is 2. The highest BCUT2D eigenvalue weighted by Crippen LogP contribution is 2.16. The van der Waals surface area contributed by atoms with Crippen LogP contribution in [0.15, 0.2) is 34.1 Å². The normalized spacial score (nSPS) is 11.3. The zero-order valence-corrected chi connectivity index (χ0v) is 10.3. The first kappa shape index (κ1) is 12.2. The predicted molar refractivity (Wildman–Crippen MR) is 64.4 cm³/mol. The van der Waals surface area contributed by atoms with E-state index in [9.17, 15) is 9.18 Å². The quantitative estimate of drug-likeness (QED) is 0.627. The molecule has 2 nitrogen and oxygen atoms in total. The van der Waals surface area contributed by atoms with Crippen molar-refractivity contribution < 1.29 is 13.9 Å². The van der Waals surface area contributed by atoms with E-state index in [-0.39, 0.29) is 11.6 Å². The molecule has 1 aromatic carbocycles. The summed E-state index contributed by atoms with van der Waals surface area (Å²) in [6.07, 6.45) is 1.86. The van der Waals surface area contributed by atoms with E-state index in [0.29, 0.717) is 12.2 Å². The molecule has 1 aromatic rings. The van der Waals surface area contributed by atoms with E-state index in [1.807, 2.05) is 22.6 Å². The fraction of sp³-hybridized carbons (Fsp3) is 0.182. The van der Waals surface area contributed by atoms with Gasteiger partial charge in [0, 0.05) is 10.0 Å². The van der Waals surface area contributed by atoms with Crippen molar-refractivity contribution in [2.24, 2.45) is 0 Å². The highest BCUT2D eigenvalue weighted by molar-refractivity contribution is 14.1. The van der Waals surface area contributed by atoms with Gasteiger partial charge in [-0.1, -0.05) is 0 Å². The first-order chi connectivity index (χ1) is 7.08. The molecule has 0 radical (unpaired) electrons. The molecular weight excluding hydrogens is 310 g/mol. The van der Waals surface area contributed by atoms with Gasteiger partial charge in [-0.25, -0.2) is 4.39 Å². The standard InChI is InChI=1S/C11H10FIO2/c1-8(14)6-10(13)7-15-11-4-2-9(12)3-5-11/h2-5,7H,6H2,1H3/b10-7-. The van der Waals surface area contributed by atoms with Crippen molar-refractivity contribution >= 4 is 28.4 Å². The van der Waals surface area contributed by atoms with Crippen molar-refractivity contribution in [2.45, 2.75) is 13.3 Å². The Balaban J connectivity index is 2.55. The maximum absolute atomic E-state index is 12.5. The van der Waals surface area contributed by atoms with Crippen molar-refractivity contribution in [1.82, 2.24) is 0 Å². The van der Waals surface area contributed by atoms with Crippen molar-refractivity contribution in [3.63, 3.8) is 0 Å². The first-order valence-electron chi connectivity index (χ1n) is 4.34. The molecule has 80 valence electrons. The molecule has 4 heteroatoms. The zero-order valence-electron chi connectivity index (χ0n) is 8.17. The van der Waals surface area contributed by atoms with Crippen LogP contribution in [0.2, 0.25) is 0 Å². The van der Waals surface area contributed by atoms with Crippen molar-refractivity contribution in [3.8, 4) is 5.75 Å². The fourth-order valence-corrected chi connectivity index (χ4v) is 1.59. The van der Waals surface area contributed by atoms with E-state index in [2.05, 4.69) is 0 Å². The molecule has 0 amide bonds. The zero-order chi connectivity index (χ0) is 11.3. The van der Waals surface area contributed by atoms with Crippen molar-refractivity contribution in [3.05, 3.63) is 39.9 Å². The molecule has 0 saturated heterocycles. The van der Waals surface area contributed by atoms with Crippen LogP contribution in [-0.4, -0.2) is 5.78 Å². The molecule has 0 unspecified atom stereocenters. The molecule has 0 aliphatic carbocycles. The second-order valence-electron chi connectivity index (χ2n) is 3.02. The average molecular weight is 320 g/mol. The Hall–Kier alpha value is -0.910. The topological polar surface area (TPSA) is 26.3 Å². The number of hydrogen-bond donors (Lipinski definition) is 0. The summed E-state index contributed by atoms with van der Waals surface area (Å²) in [6, 6.07) is 5.70. The molecule has 1 rings (SSSR count). The highest BCUT2D eigenvalue weighted by atomic mass is 127. The minimum absolute atomic E-state index is 0.0818. The van der Waals surface area contributed by atoms with Crippen LogP contribution in [0.1, 0.15) is 13.3 Å². The Kier molecular flexibility index (Phi) is 4.74. The van der Waals surface area contributed by atoms with Gasteiger partial charge in [-0.15, -0.1) is 0 Å². The monoisotopic (exact) mass is 320 g/mol. The minimum Gasteiger partial charge on any atom is -0.464 e. The Labute approximate surface area is 101 Å². The van der Waals surface area contributed by atoms with E-state index in [4.69, 9.17) is 4.74 Å². The molecular formula is C11H10FIO2. The maximum atomic E-state index is 12.5. The lowest BCUT2D eigenvalue weighted by Crippen LogP contribution is -1.91. The SMILES string of the molecule is CC(=O)C/C(I)=C/Oc1ccc(F)cc1. The summed E-state index contributed by atoms with van der Waals surface area (Å²) in [5.41, 5.74) is 0. The molecule has 0 atom stereocenters. The van der Waals surface area contributed by atoms with Gasteiger partial charge in [0.05, 0.1) is 0 Å². The summed E-state index contributed by atoms with van der Waals surface area (Å²) in [5.74, 6) is 0.331. The molecule has 0 spiro atoms. The Morgan fingerprint density at radius 3 is 2.60 bits per heavy atom. The van der Waals surface area contributed by atoms with Crippen LogP contribution in [0.3, 0.4) is 0 Å². The lowest BCUT2D eigenvalue weighted by molar-refractivity contribution is -0.116. The molecule has 0 fully saturated rings. The van der Waals surface area contributed by atoms with E-state index in [1.54, 1.807) is 0 Å². The van der Waals surface area contributed by atoms with Gasteiger partial charge in [-0.05, 0) is 53.8 Å². The largest absolute Gasteiger partial charge is 0.464 e. The molecule has 0 aromatic heterocycles. The second kappa shape index (κ2) is 5.85. The van der Waals surface area contributed by atoms with Gasteiger partial charge in [0.2, 0.25) is 0 Å². The third kappa shape index (κ3) is 4.92. The molecule has 0 N–H and O–H groups in total. The molecule has 0 bridgehead atoms. The highest BCUT2D eigenvalue weighted by Gasteiger charge is 1.98. The lowest BCUT2D eigenvalue weighted by Gasteiger charge is -2.00. The molecule has 15 heavy (non-hydrogen) atoms. The predicted octanol–water partition coefficient (Wildman–Crippen LogP) is 3.46. The number of Topliss-reactive ketones (excluding diaryl/α,β-unsaturated/α-hetero) is 1. The second-order valence-corrected chi connectivity index (χ2v) is 4.40. The van der Waals surface area contributed by atoms with Crippen LogP contribution in [-0.2, 0) is 4.79 Å². The van der Waals surface area contributed by atoms with Crippen LogP contribution in [0.5, 0.6) is 5.75 Å². The van der Waals surface area contributed by atoms with E-state index < -0.39 is 0 Å². The van der Waals surface area contributed by atoms with Gasteiger partial charge in [0.1, 0.15) is 23.6 Å². The van der Waals surface area contributed by atoms with Crippen LogP contribution in [0.4, 0.5) is 4.39 Å². The summed E-state index contributed by atoms with van der Waals surface area (Å²) in [4.78, 5) is 10.8. The summed E-state index contributed by atoms with van der Waals surface area (Å²) in [5, 5.41) is 0. The van der Waals surface area contributed by atoms with Gasteiger partial charge in [-0.2, -0.15) is 0 Å². The van der Waals surface area contributed by atoms with E-state index >= 15 is 0 Å². The summed E-state index contributed by atoms with van der Waals surface area (Å²) < 4.78 is 18.6. The Morgan fingerprint density at radius 2 is 2.07 bits per heavy atom. The van der Waals surface area contributed by atoms with Gasteiger partial charge < -0.3 is 4.74 Å². The van der Waals surface area contributed by atoms with Gasteiger partial charge in [0.15, 0.2) is 0 Å². The molecule has 0 heterocycles. The summed E-state index contributed by atoms with van der Waals surface area (Å²) >= 11 is 2.03. The molecule has 0 aliphatic heterocycles. The fourth-order valence-electron chi connectivity index (χ4n) is 0.925. The van der Waals surface area contributed by atoms with Crippen LogP contribution in [0, 0.1) is 5.82 Å². The summed E-state index contributed by atoms with van der Waals surface area (Å²) in [7, 11) is 0. The average Bonchev–Trinajstić information content (AvgIpc) is 2.16. The van der Waals surface area contributed by atoms with E-state index in [1.165, 1.54) is 37.5 Å². The smallest absolute Gasteiger partial charge is 0.134 e. The van der Waals surface area contributed by atoms with Crippen LogP contribution >= 0.6 is 22.6 Å². The number of carbonyl (C=O) groups is 1. The van der Waals surface area contributed by atoms with Crippen LogP contribution in [0.25, 0.3) is 0 Å². The van der Waals surface area contributed by atoms with Crippen molar-refractivity contribution in [1.29, 1.82) is 0 Å². The van der Waals surface area contributed by atoms with Crippen LogP contribution < -0.4 is 4.74 Å². The summed E-state index contributed by atoms with van der Waals surface area (Å²) in [6.45, 7) is 1.52. The minimum atomic E-state index is -0.301. The van der Waals surface area contributed by atoms with Gasteiger partial charge in [0.25, 0.3) is 0 Å². The number of rotatable bonds is 4. The van der Waals surface area contributed by atoms with Gasteiger partial charge in [-0.3, -0.25) is 4.79 Å². The van der Waals surface area contributed by atoms with Gasteiger partial charge >= 0.3 is 0 Å². The molecule has 0 saturated carbocycles. The maximum Gasteiger partial charge on any atom is 0.134 e. The lowest BCUT2D eigenvalue weighted by atomic mass is 10.3. The third-order valence-corrected chi connectivity index (χ3v) is 2.19. The number of benzene rings is 1. The first-order valence-corrected chi connectivity index (χ1v) is 5.42. The number of ketones is 1. The Morgan fingerprint density at radius 1 is 1.47 bits per heavy atom. The molecule has 0 aliphatic rings. The number of allylic oxidation sites excluding steroid dienone is 1. The number of ether oxygens (including phenoxy) is 1. The Bertz CT molecular complexity index is 371. The number of hydrogen-bond acceptors (Lipinski definition) is 2.